The molecule has 0 spiro atoms. The van der Waals surface area contributed by atoms with Crippen molar-refractivity contribution in [2.75, 3.05) is 39.7 Å². The molecule has 1 aromatic heterocycles. The van der Waals surface area contributed by atoms with Gasteiger partial charge in [-0.15, -0.1) is 0 Å². The Bertz CT molecular complexity index is 393. The highest BCUT2D eigenvalue weighted by Crippen LogP contribution is 2.16. The Hall–Kier alpha value is -1.62. The predicted molar refractivity (Wildman–Crippen MR) is 67.4 cm³/mol. The van der Waals surface area contributed by atoms with Gasteiger partial charge in [-0.2, -0.15) is 0 Å². The summed E-state index contributed by atoms with van der Waals surface area (Å²) in [4.78, 5) is 17.9. The number of pyridine rings is 1. The number of nitrogens with one attached hydrogen (secondary N) is 1. The van der Waals surface area contributed by atoms with Crippen LogP contribution in [0.3, 0.4) is 0 Å². The quantitative estimate of drug-likeness (QED) is 0.834. The molecule has 0 aliphatic rings. The minimum atomic E-state index is -0.0566. The fraction of sp³-hybridized carbons (Fsp3) is 0.500. The van der Waals surface area contributed by atoms with Crippen LogP contribution in [0.5, 0.6) is 0 Å². The molecule has 0 aromatic carbocycles. The number of rotatable bonds is 5. The van der Waals surface area contributed by atoms with Gasteiger partial charge in [0.25, 0.3) is 5.91 Å². The molecule has 5 nitrogen and oxygen atoms in total. The van der Waals surface area contributed by atoms with E-state index in [0.29, 0.717) is 18.7 Å². The van der Waals surface area contributed by atoms with Gasteiger partial charge in [0.15, 0.2) is 0 Å². The van der Waals surface area contributed by atoms with Crippen LogP contribution in [0.4, 0.5) is 5.69 Å². The first-order valence-electron chi connectivity index (χ1n) is 5.49. The van der Waals surface area contributed by atoms with Crippen molar-refractivity contribution in [1.82, 2.24) is 9.88 Å². The average molecular weight is 237 g/mol. The summed E-state index contributed by atoms with van der Waals surface area (Å²) < 4.78 is 4.95. The van der Waals surface area contributed by atoms with Gasteiger partial charge >= 0.3 is 0 Å². The minimum Gasteiger partial charge on any atom is -0.387 e. The number of anilines is 1. The normalized spacial score (nSPS) is 10.1. The third-order valence-corrected chi connectivity index (χ3v) is 2.52. The van der Waals surface area contributed by atoms with E-state index in [-0.39, 0.29) is 5.91 Å². The lowest BCUT2D eigenvalue weighted by molar-refractivity contribution is 0.0745. The van der Waals surface area contributed by atoms with Crippen LogP contribution in [0.1, 0.15) is 16.1 Å². The van der Waals surface area contributed by atoms with E-state index in [9.17, 15) is 4.79 Å². The molecule has 0 saturated carbocycles. The third-order valence-electron chi connectivity index (χ3n) is 2.52. The van der Waals surface area contributed by atoms with E-state index in [4.69, 9.17) is 4.74 Å². The third kappa shape index (κ3) is 3.42. The molecular formula is C12H19N3O2. The van der Waals surface area contributed by atoms with Gasteiger partial charge in [0.05, 0.1) is 17.9 Å². The first-order valence-corrected chi connectivity index (χ1v) is 5.49. The fourth-order valence-corrected chi connectivity index (χ4v) is 1.47. The number of carbonyl (C=O) groups excluding carboxylic acids is 1. The van der Waals surface area contributed by atoms with Crippen molar-refractivity contribution in [3.8, 4) is 0 Å². The zero-order valence-corrected chi connectivity index (χ0v) is 10.8. The summed E-state index contributed by atoms with van der Waals surface area (Å²) in [6.45, 7) is 2.98. The van der Waals surface area contributed by atoms with E-state index in [2.05, 4.69) is 10.3 Å². The van der Waals surface area contributed by atoms with Gasteiger partial charge in [-0.3, -0.25) is 9.78 Å². The van der Waals surface area contributed by atoms with Crippen LogP contribution in [0.25, 0.3) is 0 Å². The van der Waals surface area contributed by atoms with Crippen LogP contribution < -0.4 is 5.32 Å². The van der Waals surface area contributed by atoms with Crippen molar-refractivity contribution in [2.24, 2.45) is 0 Å². The first kappa shape index (κ1) is 13.4. The van der Waals surface area contributed by atoms with Gasteiger partial charge < -0.3 is 15.0 Å². The second-order valence-corrected chi connectivity index (χ2v) is 3.84. The second kappa shape index (κ2) is 6.20. The number of carbonyl (C=O) groups is 1. The van der Waals surface area contributed by atoms with Gasteiger partial charge in [-0.05, 0) is 13.0 Å². The van der Waals surface area contributed by atoms with Gasteiger partial charge in [0.1, 0.15) is 0 Å². The topological polar surface area (TPSA) is 54.5 Å². The number of hydrogen-bond donors (Lipinski definition) is 1. The van der Waals surface area contributed by atoms with E-state index in [1.807, 2.05) is 13.0 Å². The first-order chi connectivity index (χ1) is 8.10. The molecule has 0 bridgehead atoms. The molecule has 94 valence electrons. The van der Waals surface area contributed by atoms with Crippen LogP contribution in [0.15, 0.2) is 12.3 Å². The van der Waals surface area contributed by atoms with E-state index >= 15 is 0 Å². The second-order valence-electron chi connectivity index (χ2n) is 3.84. The van der Waals surface area contributed by atoms with Crippen LogP contribution in [-0.2, 0) is 4.74 Å². The van der Waals surface area contributed by atoms with Crippen molar-refractivity contribution in [3.63, 3.8) is 0 Å². The molecule has 17 heavy (non-hydrogen) atoms. The zero-order chi connectivity index (χ0) is 12.8. The predicted octanol–water partition coefficient (Wildman–Crippen LogP) is 1.15. The summed E-state index contributed by atoms with van der Waals surface area (Å²) in [7, 11) is 5.16. The summed E-state index contributed by atoms with van der Waals surface area (Å²) in [6, 6.07) is 1.86. The van der Waals surface area contributed by atoms with Crippen molar-refractivity contribution >= 4 is 11.6 Å². The molecule has 5 heteroatoms. The minimum absolute atomic E-state index is 0.0566. The van der Waals surface area contributed by atoms with Crippen LogP contribution in [0, 0.1) is 6.92 Å². The summed E-state index contributed by atoms with van der Waals surface area (Å²) in [6.07, 6.45) is 1.60. The molecular weight excluding hydrogens is 218 g/mol. The van der Waals surface area contributed by atoms with Crippen molar-refractivity contribution in [3.05, 3.63) is 23.5 Å². The Labute approximate surface area is 102 Å². The molecule has 0 fully saturated rings. The monoisotopic (exact) mass is 237 g/mol. The standard InChI is InChI=1S/C12H19N3O2/c1-9-7-11(13-2)10(8-14-9)12(16)15(3)5-6-17-4/h7-8H,5-6H2,1-4H3,(H,13,14). The Morgan fingerprint density at radius 2 is 2.29 bits per heavy atom. The molecule has 0 aliphatic carbocycles. The van der Waals surface area contributed by atoms with E-state index in [0.717, 1.165) is 11.4 Å². The average Bonchev–Trinajstić information content (AvgIpc) is 2.34. The van der Waals surface area contributed by atoms with Crippen LogP contribution in [-0.4, -0.2) is 50.1 Å². The Kier molecular flexibility index (Phi) is 4.90. The summed E-state index contributed by atoms with van der Waals surface area (Å²) in [5, 5.41) is 3.01. The lowest BCUT2D eigenvalue weighted by Gasteiger charge is -2.18. The summed E-state index contributed by atoms with van der Waals surface area (Å²) in [5.41, 5.74) is 2.26. The molecule has 1 N–H and O–H groups in total. The van der Waals surface area contributed by atoms with Gasteiger partial charge in [0, 0.05) is 39.6 Å². The highest BCUT2D eigenvalue weighted by atomic mass is 16.5. The van der Waals surface area contributed by atoms with Crippen molar-refractivity contribution < 1.29 is 9.53 Å². The highest BCUT2D eigenvalue weighted by Gasteiger charge is 2.15. The SMILES string of the molecule is CNc1cc(C)ncc1C(=O)N(C)CCOC. The zero-order valence-electron chi connectivity index (χ0n) is 10.8. The largest absolute Gasteiger partial charge is 0.387 e. The summed E-state index contributed by atoms with van der Waals surface area (Å²) in [5.74, 6) is -0.0566. The highest BCUT2D eigenvalue weighted by molar-refractivity contribution is 5.99. The van der Waals surface area contributed by atoms with Crippen molar-refractivity contribution in [1.29, 1.82) is 0 Å². The summed E-state index contributed by atoms with van der Waals surface area (Å²) >= 11 is 0. The number of nitrogens with zero attached hydrogens (tertiary/aromatic N) is 2. The van der Waals surface area contributed by atoms with Gasteiger partial charge in [-0.25, -0.2) is 0 Å². The molecule has 0 aliphatic heterocycles. The molecule has 1 amide bonds. The van der Waals surface area contributed by atoms with E-state index in [1.165, 1.54) is 0 Å². The Morgan fingerprint density at radius 3 is 2.88 bits per heavy atom. The maximum atomic E-state index is 12.1. The number of amides is 1. The molecule has 1 aromatic rings. The van der Waals surface area contributed by atoms with Crippen LogP contribution >= 0.6 is 0 Å². The lowest BCUT2D eigenvalue weighted by atomic mass is 10.2. The Balaban J connectivity index is 2.87. The van der Waals surface area contributed by atoms with Crippen molar-refractivity contribution in [2.45, 2.75) is 6.92 Å². The smallest absolute Gasteiger partial charge is 0.257 e. The molecule has 0 saturated heterocycles. The number of aromatic nitrogens is 1. The Morgan fingerprint density at radius 1 is 1.59 bits per heavy atom. The van der Waals surface area contributed by atoms with E-state index in [1.54, 1.807) is 32.3 Å². The maximum Gasteiger partial charge on any atom is 0.257 e. The number of methoxy groups -OCH3 is 1. The fourth-order valence-electron chi connectivity index (χ4n) is 1.47. The van der Waals surface area contributed by atoms with Gasteiger partial charge in [-0.1, -0.05) is 0 Å². The molecule has 0 atom stereocenters. The van der Waals surface area contributed by atoms with Gasteiger partial charge in [0.2, 0.25) is 0 Å². The maximum absolute atomic E-state index is 12.1. The molecule has 0 radical (unpaired) electrons. The number of hydrogen-bond acceptors (Lipinski definition) is 4. The number of aryl methyl sites for hydroxylation is 1. The van der Waals surface area contributed by atoms with Crippen LogP contribution in [0.2, 0.25) is 0 Å². The number of ether oxygens (including phenoxy) is 1. The lowest BCUT2D eigenvalue weighted by Crippen LogP contribution is -2.30. The van der Waals surface area contributed by atoms with E-state index < -0.39 is 0 Å². The molecule has 1 rings (SSSR count). The molecule has 1 heterocycles. The molecule has 0 unspecified atom stereocenters. The number of likely N-dealkylation sites (N-methyl/N-ethyl adjacent to an activating group) is 1.